The van der Waals surface area contributed by atoms with E-state index in [1.807, 2.05) is 25.1 Å². The number of aliphatic imine (C=N–C) groups is 1. The standard InChI is InChI=1S/C20H26N2O2S/c1-5-20(21-4)22-19-10-15(3)17(12-18(19)13-25(23)24)11-16-9-7-6-8-14(16)2/h6-10,12H,5,11,13H2,1-4H3,(H,21,22)(H,23,24). The molecule has 0 spiro atoms. The van der Waals surface area contributed by atoms with E-state index in [0.29, 0.717) is 0 Å². The van der Waals surface area contributed by atoms with Crippen molar-refractivity contribution in [1.82, 2.24) is 0 Å². The molecule has 0 heterocycles. The minimum atomic E-state index is -1.89. The third kappa shape index (κ3) is 5.25. The van der Waals surface area contributed by atoms with Crippen LogP contribution >= 0.6 is 0 Å². The zero-order valence-corrected chi connectivity index (χ0v) is 16.1. The van der Waals surface area contributed by atoms with Crippen molar-refractivity contribution in [1.29, 1.82) is 0 Å². The Balaban J connectivity index is 2.42. The zero-order valence-electron chi connectivity index (χ0n) is 15.3. The van der Waals surface area contributed by atoms with Gasteiger partial charge in [-0.1, -0.05) is 37.3 Å². The molecule has 2 aromatic carbocycles. The number of rotatable bonds is 6. The van der Waals surface area contributed by atoms with Crippen LogP contribution in [0.4, 0.5) is 5.69 Å². The van der Waals surface area contributed by atoms with E-state index in [1.165, 1.54) is 16.7 Å². The smallest absolute Gasteiger partial charge is 0.157 e. The number of hydrogen-bond acceptors (Lipinski definition) is 2. The van der Waals surface area contributed by atoms with E-state index >= 15 is 0 Å². The summed E-state index contributed by atoms with van der Waals surface area (Å²) in [5.41, 5.74) is 6.55. The maximum absolute atomic E-state index is 11.4. The SMILES string of the molecule is CCC(=NC)Nc1cc(C)c(Cc2ccccc2C)cc1CS(=O)O. The molecule has 2 aromatic rings. The summed E-state index contributed by atoms with van der Waals surface area (Å²) in [6.45, 7) is 6.21. The monoisotopic (exact) mass is 358 g/mol. The molecule has 0 saturated carbocycles. The van der Waals surface area contributed by atoms with Crippen LogP contribution in [0.1, 0.15) is 41.2 Å². The van der Waals surface area contributed by atoms with Crippen molar-refractivity contribution in [3.63, 3.8) is 0 Å². The second-order valence-electron chi connectivity index (χ2n) is 6.15. The highest BCUT2D eigenvalue weighted by Gasteiger charge is 2.12. The predicted molar refractivity (Wildman–Crippen MR) is 107 cm³/mol. The van der Waals surface area contributed by atoms with Gasteiger partial charge in [0.2, 0.25) is 0 Å². The lowest BCUT2D eigenvalue weighted by atomic mass is 9.95. The molecule has 0 aliphatic carbocycles. The number of hydrogen-bond donors (Lipinski definition) is 2. The lowest BCUT2D eigenvalue weighted by molar-refractivity contribution is 0.563. The second kappa shape index (κ2) is 8.92. The van der Waals surface area contributed by atoms with Gasteiger partial charge in [0.05, 0.1) is 5.75 Å². The minimum Gasteiger partial charge on any atom is -0.344 e. The number of amidine groups is 1. The van der Waals surface area contributed by atoms with Crippen molar-refractivity contribution in [2.75, 3.05) is 12.4 Å². The molecule has 1 atom stereocenters. The Morgan fingerprint density at radius 3 is 2.44 bits per heavy atom. The molecule has 0 aliphatic heterocycles. The molecule has 25 heavy (non-hydrogen) atoms. The van der Waals surface area contributed by atoms with Gasteiger partial charge in [0.1, 0.15) is 5.84 Å². The molecule has 5 heteroatoms. The van der Waals surface area contributed by atoms with Gasteiger partial charge in [0.15, 0.2) is 11.1 Å². The molecule has 4 nitrogen and oxygen atoms in total. The largest absolute Gasteiger partial charge is 0.344 e. The summed E-state index contributed by atoms with van der Waals surface area (Å²) in [6, 6.07) is 12.4. The summed E-state index contributed by atoms with van der Waals surface area (Å²) in [5, 5.41) is 3.30. The Bertz CT molecular complexity index is 800. The van der Waals surface area contributed by atoms with E-state index in [2.05, 4.69) is 42.4 Å². The summed E-state index contributed by atoms with van der Waals surface area (Å²) in [6.07, 6.45) is 1.59. The van der Waals surface area contributed by atoms with Gasteiger partial charge < -0.3 is 9.87 Å². The van der Waals surface area contributed by atoms with Crippen LogP contribution in [-0.4, -0.2) is 21.6 Å². The third-order valence-electron chi connectivity index (χ3n) is 4.37. The van der Waals surface area contributed by atoms with Crippen LogP contribution < -0.4 is 5.32 Å². The van der Waals surface area contributed by atoms with Crippen LogP contribution in [0.15, 0.2) is 41.4 Å². The molecular weight excluding hydrogens is 332 g/mol. The first-order chi connectivity index (χ1) is 11.9. The van der Waals surface area contributed by atoms with Gasteiger partial charge >= 0.3 is 0 Å². The first-order valence-electron chi connectivity index (χ1n) is 8.41. The highest BCUT2D eigenvalue weighted by atomic mass is 32.2. The van der Waals surface area contributed by atoms with Gasteiger partial charge in [0, 0.05) is 19.2 Å². The molecule has 1 unspecified atom stereocenters. The number of anilines is 1. The molecule has 0 amide bonds. The highest BCUT2D eigenvalue weighted by Crippen LogP contribution is 2.26. The van der Waals surface area contributed by atoms with E-state index < -0.39 is 11.1 Å². The first-order valence-corrected chi connectivity index (χ1v) is 9.69. The van der Waals surface area contributed by atoms with Gasteiger partial charge in [-0.05, 0) is 54.2 Å². The number of nitrogens with one attached hydrogen (secondary N) is 1. The van der Waals surface area contributed by atoms with Crippen molar-refractivity contribution in [2.45, 2.75) is 39.4 Å². The van der Waals surface area contributed by atoms with Crippen molar-refractivity contribution in [3.8, 4) is 0 Å². The molecular formula is C20H26N2O2S. The average molecular weight is 359 g/mol. The Hall–Kier alpha value is -1.98. The topological polar surface area (TPSA) is 61.7 Å². The molecule has 0 aliphatic rings. The predicted octanol–water partition coefficient (Wildman–Crippen LogP) is 4.47. The van der Waals surface area contributed by atoms with E-state index in [-0.39, 0.29) is 5.75 Å². The Morgan fingerprint density at radius 2 is 1.84 bits per heavy atom. The molecule has 0 bridgehead atoms. The number of nitrogens with zero attached hydrogens (tertiary/aromatic N) is 1. The molecule has 0 fully saturated rings. The van der Waals surface area contributed by atoms with Crippen LogP contribution in [0.25, 0.3) is 0 Å². The summed E-state index contributed by atoms with van der Waals surface area (Å²) >= 11 is -1.89. The quantitative estimate of drug-likeness (QED) is 0.455. The lowest BCUT2D eigenvalue weighted by Gasteiger charge is -2.17. The number of aryl methyl sites for hydroxylation is 2. The average Bonchev–Trinajstić information content (AvgIpc) is 2.57. The van der Waals surface area contributed by atoms with Crippen molar-refractivity contribution < 1.29 is 8.76 Å². The fourth-order valence-electron chi connectivity index (χ4n) is 2.83. The summed E-state index contributed by atoms with van der Waals surface area (Å²) in [7, 11) is 1.75. The van der Waals surface area contributed by atoms with E-state index in [0.717, 1.165) is 35.5 Å². The van der Waals surface area contributed by atoms with E-state index in [4.69, 9.17) is 0 Å². The molecule has 0 aromatic heterocycles. The van der Waals surface area contributed by atoms with Crippen molar-refractivity contribution >= 4 is 22.6 Å². The van der Waals surface area contributed by atoms with Gasteiger partial charge in [0.25, 0.3) is 0 Å². The molecule has 2 N–H and O–H groups in total. The van der Waals surface area contributed by atoms with Crippen LogP contribution in [0.3, 0.4) is 0 Å². The van der Waals surface area contributed by atoms with Gasteiger partial charge in [-0.25, -0.2) is 4.21 Å². The zero-order chi connectivity index (χ0) is 18.4. The van der Waals surface area contributed by atoms with Gasteiger partial charge in [-0.15, -0.1) is 0 Å². The van der Waals surface area contributed by atoms with Crippen LogP contribution in [0.2, 0.25) is 0 Å². The number of benzene rings is 2. The van der Waals surface area contributed by atoms with E-state index in [9.17, 15) is 8.76 Å². The van der Waals surface area contributed by atoms with Crippen LogP contribution in [-0.2, 0) is 23.3 Å². The Kier molecular flexibility index (Phi) is 6.91. The maximum atomic E-state index is 11.4. The first kappa shape index (κ1) is 19.3. The highest BCUT2D eigenvalue weighted by molar-refractivity contribution is 7.78. The minimum absolute atomic E-state index is 0.101. The second-order valence-corrected chi connectivity index (χ2v) is 7.09. The van der Waals surface area contributed by atoms with Crippen LogP contribution in [0.5, 0.6) is 0 Å². The fraction of sp³-hybridized carbons (Fsp3) is 0.350. The normalized spacial score (nSPS) is 12.9. The fourth-order valence-corrected chi connectivity index (χ4v) is 3.34. The molecule has 134 valence electrons. The van der Waals surface area contributed by atoms with Crippen molar-refractivity contribution in [3.05, 3.63) is 64.2 Å². The van der Waals surface area contributed by atoms with Crippen molar-refractivity contribution in [2.24, 2.45) is 4.99 Å². The maximum Gasteiger partial charge on any atom is 0.157 e. The van der Waals surface area contributed by atoms with E-state index in [1.54, 1.807) is 7.05 Å². The van der Waals surface area contributed by atoms with Crippen LogP contribution in [0, 0.1) is 13.8 Å². The molecule has 0 saturated heterocycles. The summed E-state index contributed by atoms with van der Waals surface area (Å²) < 4.78 is 20.8. The summed E-state index contributed by atoms with van der Waals surface area (Å²) in [4.78, 5) is 4.22. The van der Waals surface area contributed by atoms with Gasteiger partial charge in [-0.2, -0.15) is 0 Å². The third-order valence-corrected chi connectivity index (χ3v) is 4.92. The van der Waals surface area contributed by atoms with Gasteiger partial charge in [-0.3, -0.25) is 4.99 Å². The Labute approximate surface area is 152 Å². The molecule has 2 rings (SSSR count). The lowest BCUT2D eigenvalue weighted by Crippen LogP contribution is -2.13. The summed E-state index contributed by atoms with van der Waals surface area (Å²) in [5.74, 6) is 0.959. The Morgan fingerprint density at radius 1 is 1.12 bits per heavy atom. The molecule has 0 radical (unpaired) electrons.